The lowest BCUT2D eigenvalue weighted by Gasteiger charge is -2.34. The van der Waals surface area contributed by atoms with E-state index < -0.39 is 0 Å². The van der Waals surface area contributed by atoms with Crippen LogP contribution in [-0.2, 0) is 0 Å². The van der Waals surface area contributed by atoms with Gasteiger partial charge in [-0.05, 0) is 50.5 Å². The Hall–Kier alpha value is -1.88. The smallest absolute Gasteiger partial charge is 0.322 e. The molecule has 1 aliphatic rings. The summed E-state index contributed by atoms with van der Waals surface area (Å²) < 4.78 is 0. The molecule has 2 rings (SSSR count). The molecule has 1 aliphatic heterocycles. The monoisotopic (exact) mass is 276 g/mol. The number of amides is 2. The number of urea groups is 1. The second-order valence-corrected chi connectivity index (χ2v) is 5.09. The highest BCUT2D eigenvalue weighted by atomic mass is 16.3. The Bertz CT molecular complexity index is 484. The van der Waals surface area contributed by atoms with Crippen LogP contribution in [-0.4, -0.2) is 41.0 Å². The first-order valence-electron chi connectivity index (χ1n) is 6.91. The van der Waals surface area contributed by atoms with E-state index >= 15 is 0 Å². The van der Waals surface area contributed by atoms with Crippen LogP contribution in [0, 0.1) is 0 Å². The van der Waals surface area contributed by atoms with Gasteiger partial charge in [0, 0.05) is 17.8 Å². The van der Waals surface area contributed by atoms with Gasteiger partial charge in [0.05, 0.1) is 12.6 Å². The van der Waals surface area contributed by atoms with Crippen LogP contribution in [0.4, 0.5) is 10.5 Å². The second kappa shape index (κ2) is 6.52. The fourth-order valence-corrected chi connectivity index (χ4v) is 2.44. The van der Waals surface area contributed by atoms with Crippen LogP contribution in [0.1, 0.15) is 36.5 Å². The van der Waals surface area contributed by atoms with Crippen molar-refractivity contribution in [1.82, 2.24) is 4.90 Å². The molecule has 1 saturated heterocycles. The van der Waals surface area contributed by atoms with Gasteiger partial charge in [-0.15, -0.1) is 0 Å². The first kappa shape index (κ1) is 14.5. The molecule has 108 valence electrons. The summed E-state index contributed by atoms with van der Waals surface area (Å²) in [5, 5.41) is 12.1. The number of aliphatic hydroxyl groups is 1. The molecule has 1 atom stereocenters. The molecule has 5 nitrogen and oxygen atoms in total. The van der Waals surface area contributed by atoms with E-state index in [1.54, 1.807) is 29.2 Å². The van der Waals surface area contributed by atoms with Crippen LogP contribution in [0.2, 0.25) is 0 Å². The number of carbonyl (C=O) groups excluding carboxylic acids is 2. The van der Waals surface area contributed by atoms with Crippen molar-refractivity contribution in [2.24, 2.45) is 0 Å². The number of carbonyl (C=O) groups is 2. The van der Waals surface area contributed by atoms with E-state index in [9.17, 15) is 14.7 Å². The summed E-state index contributed by atoms with van der Waals surface area (Å²) in [7, 11) is 0. The van der Waals surface area contributed by atoms with Crippen molar-refractivity contribution in [3.8, 4) is 0 Å². The number of nitrogens with one attached hydrogen (secondary N) is 1. The van der Waals surface area contributed by atoms with E-state index in [0.717, 1.165) is 19.3 Å². The number of Topliss-reactive ketones (excluding diaryl/α,β-unsaturated/α-hetero) is 1. The fourth-order valence-electron chi connectivity index (χ4n) is 2.44. The number of anilines is 1. The van der Waals surface area contributed by atoms with Gasteiger partial charge in [0.1, 0.15) is 0 Å². The third-order valence-corrected chi connectivity index (χ3v) is 3.64. The molecule has 2 amide bonds. The Morgan fingerprint density at radius 2 is 2.00 bits per heavy atom. The maximum Gasteiger partial charge on any atom is 0.322 e. The minimum absolute atomic E-state index is 0.000693. The Kier molecular flexibility index (Phi) is 4.74. The van der Waals surface area contributed by atoms with E-state index in [0.29, 0.717) is 17.8 Å². The molecule has 1 fully saturated rings. The summed E-state index contributed by atoms with van der Waals surface area (Å²) in [6.07, 6.45) is 2.85. The van der Waals surface area contributed by atoms with Crippen LogP contribution >= 0.6 is 0 Å². The average Bonchev–Trinajstić information content (AvgIpc) is 2.47. The second-order valence-electron chi connectivity index (χ2n) is 5.09. The molecule has 0 aromatic heterocycles. The number of benzene rings is 1. The topological polar surface area (TPSA) is 69.6 Å². The fraction of sp³-hybridized carbons (Fsp3) is 0.467. The first-order valence-corrected chi connectivity index (χ1v) is 6.91. The van der Waals surface area contributed by atoms with Gasteiger partial charge in [0.15, 0.2) is 5.78 Å². The molecule has 0 spiro atoms. The molecule has 1 aromatic carbocycles. The summed E-state index contributed by atoms with van der Waals surface area (Å²) in [4.78, 5) is 25.1. The molecule has 5 heteroatoms. The van der Waals surface area contributed by atoms with Crippen molar-refractivity contribution < 1.29 is 14.7 Å². The van der Waals surface area contributed by atoms with Gasteiger partial charge in [0.25, 0.3) is 0 Å². The molecule has 0 aliphatic carbocycles. The van der Waals surface area contributed by atoms with E-state index in [4.69, 9.17) is 0 Å². The highest BCUT2D eigenvalue weighted by molar-refractivity contribution is 5.95. The van der Waals surface area contributed by atoms with Gasteiger partial charge < -0.3 is 15.3 Å². The normalized spacial score (nSPS) is 18.7. The summed E-state index contributed by atoms with van der Waals surface area (Å²) in [5.41, 5.74) is 1.27. The van der Waals surface area contributed by atoms with E-state index in [1.165, 1.54) is 6.92 Å². The van der Waals surface area contributed by atoms with Crippen LogP contribution in [0.5, 0.6) is 0 Å². The predicted molar refractivity (Wildman–Crippen MR) is 76.9 cm³/mol. The van der Waals surface area contributed by atoms with Gasteiger partial charge in [-0.1, -0.05) is 0 Å². The Labute approximate surface area is 118 Å². The zero-order chi connectivity index (χ0) is 14.5. The molecule has 2 N–H and O–H groups in total. The van der Waals surface area contributed by atoms with Crippen molar-refractivity contribution in [2.75, 3.05) is 18.5 Å². The van der Waals surface area contributed by atoms with Crippen molar-refractivity contribution in [3.05, 3.63) is 29.8 Å². The minimum atomic E-state index is -0.195. The van der Waals surface area contributed by atoms with Crippen LogP contribution in [0.15, 0.2) is 24.3 Å². The van der Waals surface area contributed by atoms with Gasteiger partial charge in [0.2, 0.25) is 0 Å². The molecule has 1 aromatic rings. The quantitative estimate of drug-likeness (QED) is 0.832. The minimum Gasteiger partial charge on any atom is -0.394 e. The van der Waals surface area contributed by atoms with Crippen molar-refractivity contribution in [1.29, 1.82) is 0 Å². The molecule has 0 saturated carbocycles. The molecule has 0 bridgehead atoms. The number of rotatable bonds is 3. The summed E-state index contributed by atoms with van der Waals surface area (Å²) in [6.45, 7) is 2.17. The van der Waals surface area contributed by atoms with Crippen molar-refractivity contribution in [2.45, 2.75) is 32.2 Å². The largest absolute Gasteiger partial charge is 0.394 e. The molecule has 1 heterocycles. The molecule has 0 radical (unpaired) electrons. The standard InChI is InChI=1S/C15H20N2O3/c1-11(19)12-5-7-13(8-6-12)16-15(20)17-9-3-2-4-14(17)10-18/h5-8,14,18H,2-4,9-10H2,1H3,(H,16,20). The Balaban J connectivity index is 2.01. The number of hydrogen-bond acceptors (Lipinski definition) is 3. The maximum absolute atomic E-state index is 12.2. The van der Waals surface area contributed by atoms with E-state index in [-0.39, 0.29) is 24.5 Å². The number of likely N-dealkylation sites (tertiary alicyclic amines) is 1. The molecular formula is C15H20N2O3. The maximum atomic E-state index is 12.2. The summed E-state index contributed by atoms with van der Waals surface area (Å²) >= 11 is 0. The number of ketones is 1. The first-order chi connectivity index (χ1) is 9.61. The van der Waals surface area contributed by atoms with Crippen LogP contribution < -0.4 is 5.32 Å². The van der Waals surface area contributed by atoms with Gasteiger partial charge in [-0.3, -0.25) is 4.79 Å². The third-order valence-electron chi connectivity index (χ3n) is 3.64. The lowest BCUT2D eigenvalue weighted by atomic mass is 10.0. The number of hydrogen-bond donors (Lipinski definition) is 2. The Morgan fingerprint density at radius 1 is 1.30 bits per heavy atom. The Morgan fingerprint density at radius 3 is 2.60 bits per heavy atom. The average molecular weight is 276 g/mol. The lowest BCUT2D eigenvalue weighted by Crippen LogP contribution is -2.47. The third kappa shape index (κ3) is 3.36. The molecular weight excluding hydrogens is 256 g/mol. The van der Waals surface area contributed by atoms with Crippen molar-refractivity contribution >= 4 is 17.5 Å². The zero-order valence-electron chi connectivity index (χ0n) is 11.6. The van der Waals surface area contributed by atoms with Gasteiger partial charge >= 0.3 is 6.03 Å². The summed E-state index contributed by atoms with van der Waals surface area (Å²) in [5.74, 6) is -0.000693. The van der Waals surface area contributed by atoms with E-state index in [2.05, 4.69) is 5.32 Å². The van der Waals surface area contributed by atoms with Crippen molar-refractivity contribution in [3.63, 3.8) is 0 Å². The van der Waals surface area contributed by atoms with Crippen LogP contribution in [0.3, 0.4) is 0 Å². The molecule has 20 heavy (non-hydrogen) atoms. The number of aliphatic hydroxyl groups excluding tert-OH is 1. The zero-order valence-corrected chi connectivity index (χ0v) is 11.6. The summed E-state index contributed by atoms with van der Waals surface area (Å²) in [6, 6.07) is 6.52. The molecule has 1 unspecified atom stereocenters. The number of piperidine rings is 1. The van der Waals surface area contributed by atoms with Gasteiger partial charge in [-0.2, -0.15) is 0 Å². The highest BCUT2D eigenvalue weighted by Crippen LogP contribution is 2.18. The highest BCUT2D eigenvalue weighted by Gasteiger charge is 2.25. The predicted octanol–water partition coefficient (Wildman–Crippen LogP) is 2.27. The van der Waals surface area contributed by atoms with Crippen LogP contribution in [0.25, 0.3) is 0 Å². The van der Waals surface area contributed by atoms with E-state index in [1.807, 2.05) is 0 Å². The number of nitrogens with zero attached hydrogens (tertiary/aromatic N) is 1. The lowest BCUT2D eigenvalue weighted by molar-refractivity contribution is 0.101. The SMILES string of the molecule is CC(=O)c1ccc(NC(=O)N2CCCCC2CO)cc1. The van der Waals surface area contributed by atoms with Gasteiger partial charge in [-0.25, -0.2) is 4.79 Å².